The molecule has 8 heteroatoms. The molecule has 1 amide bonds. The molecule has 2 unspecified atom stereocenters. The topological polar surface area (TPSA) is 83.4 Å². The van der Waals surface area contributed by atoms with Crippen molar-refractivity contribution in [3.05, 3.63) is 88.3 Å². The van der Waals surface area contributed by atoms with E-state index in [0.717, 1.165) is 11.1 Å². The normalized spacial score (nSPS) is 23.2. The van der Waals surface area contributed by atoms with Crippen LogP contribution in [0.2, 0.25) is 10.0 Å². The number of carboxylic acids is 1. The summed E-state index contributed by atoms with van der Waals surface area (Å²) in [7, 11) is 0. The second-order valence-electron chi connectivity index (χ2n) is 8.24. The molecule has 0 bridgehead atoms. The summed E-state index contributed by atoms with van der Waals surface area (Å²) in [5, 5.41) is 10.7. The van der Waals surface area contributed by atoms with Gasteiger partial charge in [0.1, 0.15) is 12.1 Å². The van der Waals surface area contributed by atoms with Crippen LogP contribution in [0.3, 0.4) is 0 Å². The highest BCUT2D eigenvalue weighted by Crippen LogP contribution is 2.52. The van der Waals surface area contributed by atoms with Gasteiger partial charge in [-0.1, -0.05) is 54.4 Å². The summed E-state index contributed by atoms with van der Waals surface area (Å²) in [5.74, 6) is -1.14. The van der Waals surface area contributed by atoms with Gasteiger partial charge >= 0.3 is 5.97 Å². The van der Waals surface area contributed by atoms with Gasteiger partial charge in [0.15, 0.2) is 0 Å². The number of carbonyl (C=O) groups is 2. The number of anilines is 1. The number of aliphatic carboxylic acids is 1. The fourth-order valence-electron chi connectivity index (χ4n) is 4.51. The fourth-order valence-corrected chi connectivity index (χ4v) is 4.84. The Hall–Kier alpha value is -2.96. The molecule has 1 saturated heterocycles. The highest BCUT2D eigenvalue weighted by molar-refractivity contribution is 6.30. The van der Waals surface area contributed by atoms with Gasteiger partial charge in [-0.25, -0.2) is 9.97 Å². The molecule has 1 aliphatic rings. The molecule has 0 aliphatic carbocycles. The van der Waals surface area contributed by atoms with Crippen LogP contribution in [-0.2, 0) is 9.59 Å². The Bertz CT molecular complexity index is 1140. The van der Waals surface area contributed by atoms with Crippen LogP contribution >= 0.6 is 23.2 Å². The Morgan fingerprint density at radius 3 is 2.50 bits per heavy atom. The van der Waals surface area contributed by atoms with E-state index in [0.29, 0.717) is 22.3 Å². The standard InChI is InChI=1S/C24H21Cl2N3O3/c1-24(13-21(30)31)12-19(16-3-2-4-18(26)11-16)22(15-5-7-17(25)8-6-15)29(23(24)32)20-9-10-27-14-28-20/h2-11,14,19,22H,12-13H2,1H3,(H,30,31)/t19?,22?,24-/m1/s1. The zero-order chi connectivity index (χ0) is 22.9. The second kappa shape index (κ2) is 8.88. The van der Waals surface area contributed by atoms with Gasteiger partial charge in [-0.2, -0.15) is 0 Å². The first-order valence-electron chi connectivity index (χ1n) is 10.1. The van der Waals surface area contributed by atoms with Gasteiger partial charge in [-0.3, -0.25) is 14.5 Å². The highest BCUT2D eigenvalue weighted by Gasteiger charge is 2.51. The van der Waals surface area contributed by atoms with Crippen molar-refractivity contribution in [1.82, 2.24) is 9.97 Å². The molecule has 6 nitrogen and oxygen atoms in total. The average molecular weight is 470 g/mol. The Labute approximate surface area is 195 Å². The number of nitrogens with zero attached hydrogens (tertiary/aromatic N) is 3. The lowest BCUT2D eigenvalue weighted by Crippen LogP contribution is -2.53. The summed E-state index contributed by atoms with van der Waals surface area (Å²) in [4.78, 5) is 35.4. The van der Waals surface area contributed by atoms with E-state index >= 15 is 0 Å². The number of piperidine rings is 1. The molecule has 3 aromatic rings. The van der Waals surface area contributed by atoms with Crippen molar-refractivity contribution in [3.63, 3.8) is 0 Å². The summed E-state index contributed by atoms with van der Waals surface area (Å²) in [6.07, 6.45) is 2.98. The minimum atomic E-state index is -1.13. The van der Waals surface area contributed by atoms with Crippen molar-refractivity contribution < 1.29 is 14.7 Å². The molecule has 4 rings (SSSR count). The van der Waals surface area contributed by atoms with E-state index in [2.05, 4.69) is 9.97 Å². The van der Waals surface area contributed by atoms with Crippen LogP contribution in [-0.4, -0.2) is 27.0 Å². The lowest BCUT2D eigenvalue weighted by molar-refractivity contribution is -0.145. The number of halogens is 2. The molecule has 2 aromatic carbocycles. The van der Waals surface area contributed by atoms with Crippen LogP contribution in [0.4, 0.5) is 5.82 Å². The third kappa shape index (κ3) is 4.33. The van der Waals surface area contributed by atoms with Crippen LogP contribution in [0.1, 0.15) is 42.9 Å². The molecule has 1 aliphatic heterocycles. The third-order valence-electron chi connectivity index (χ3n) is 5.91. The molecular formula is C24H21Cl2N3O3. The van der Waals surface area contributed by atoms with Crippen molar-refractivity contribution in [3.8, 4) is 0 Å². The van der Waals surface area contributed by atoms with E-state index in [4.69, 9.17) is 23.2 Å². The molecule has 1 aromatic heterocycles. The van der Waals surface area contributed by atoms with Gasteiger partial charge in [0.05, 0.1) is 17.9 Å². The molecule has 1 fully saturated rings. The monoisotopic (exact) mass is 469 g/mol. The maximum atomic E-state index is 13.8. The minimum absolute atomic E-state index is 0.230. The van der Waals surface area contributed by atoms with Crippen molar-refractivity contribution in [2.45, 2.75) is 31.7 Å². The maximum absolute atomic E-state index is 13.8. The van der Waals surface area contributed by atoms with Crippen LogP contribution in [0.25, 0.3) is 0 Å². The number of carboxylic acid groups (broad SMARTS) is 1. The summed E-state index contributed by atoms with van der Waals surface area (Å²) in [5.41, 5.74) is 0.650. The summed E-state index contributed by atoms with van der Waals surface area (Å²) in [6, 6.07) is 16.0. The lowest BCUT2D eigenvalue weighted by atomic mass is 9.67. The van der Waals surface area contributed by atoms with E-state index in [1.165, 1.54) is 6.33 Å². The maximum Gasteiger partial charge on any atom is 0.304 e. The zero-order valence-corrected chi connectivity index (χ0v) is 18.8. The number of rotatable bonds is 5. The SMILES string of the molecule is C[C@]1(CC(=O)O)CC(c2cccc(Cl)c2)C(c2ccc(Cl)cc2)N(c2ccncn2)C1=O. The molecule has 3 atom stereocenters. The minimum Gasteiger partial charge on any atom is -0.481 e. The molecule has 0 spiro atoms. The van der Waals surface area contributed by atoms with E-state index < -0.39 is 17.4 Å². The molecule has 2 heterocycles. The second-order valence-corrected chi connectivity index (χ2v) is 9.11. The molecule has 32 heavy (non-hydrogen) atoms. The number of benzene rings is 2. The van der Waals surface area contributed by atoms with Gasteiger partial charge in [-0.05, 0) is 47.9 Å². The van der Waals surface area contributed by atoms with E-state index in [9.17, 15) is 14.7 Å². The highest BCUT2D eigenvalue weighted by atomic mass is 35.5. The van der Waals surface area contributed by atoms with Gasteiger partial charge < -0.3 is 5.11 Å². The number of aromatic nitrogens is 2. The van der Waals surface area contributed by atoms with Crippen LogP contribution in [0.15, 0.2) is 67.1 Å². The van der Waals surface area contributed by atoms with Crippen LogP contribution in [0, 0.1) is 5.41 Å². The fraction of sp³-hybridized carbons (Fsp3) is 0.250. The number of hydrogen-bond donors (Lipinski definition) is 1. The summed E-state index contributed by atoms with van der Waals surface area (Å²) in [6.45, 7) is 1.70. The first-order valence-corrected chi connectivity index (χ1v) is 10.9. The van der Waals surface area contributed by atoms with Crippen molar-refractivity contribution >= 4 is 40.9 Å². The van der Waals surface area contributed by atoms with Crippen molar-refractivity contribution in [2.75, 3.05) is 4.90 Å². The average Bonchev–Trinajstić information content (AvgIpc) is 2.76. The Kier molecular flexibility index (Phi) is 6.17. The van der Waals surface area contributed by atoms with Gasteiger partial charge in [0.25, 0.3) is 0 Å². The molecular weight excluding hydrogens is 449 g/mol. The summed E-state index contributed by atoms with van der Waals surface area (Å²) >= 11 is 12.4. The van der Waals surface area contributed by atoms with E-state index in [1.54, 1.807) is 42.3 Å². The first-order chi connectivity index (χ1) is 15.3. The molecule has 0 radical (unpaired) electrons. The smallest absolute Gasteiger partial charge is 0.304 e. The molecule has 0 saturated carbocycles. The number of amides is 1. The first kappa shape index (κ1) is 22.2. The Morgan fingerprint density at radius 1 is 1.12 bits per heavy atom. The summed E-state index contributed by atoms with van der Waals surface area (Å²) < 4.78 is 0. The lowest BCUT2D eigenvalue weighted by Gasteiger charge is -2.48. The largest absolute Gasteiger partial charge is 0.481 e. The third-order valence-corrected chi connectivity index (χ3v) is 6.39. The predicted octanol–water partition coefficient (Wildman–Crippen LogP) is 5.53. The van der Waals surface area contributed by atoms with Crippen LogP contribution in [0.5, 0.6) is 0 Å². The van der Waals surface area contributed by atoms with E-state index in [1.807, 2.05) is 30.3 Å². The van der Waals surface area contributed by atoms with Crippen LogP contribution < -0.4 is 4.90 Å². The quantitative estimate of drug-likeness (QED) is 0.531. The van der Waals surface area contributed by atoms with E-state index in [-0.39, 0.29) is 18.2 Å². The predicted molar refractivity (Wildman–Crippen MR) is 123 cm³/mol. The zero-order valence-electron chi connectivity index (χ0n) is 17.3. The molecule has 164 valence electrons. The Morgan fingerprint density at radius 2 is 1.88 bits per heavy atom. The molecule has 1 N–H and O–H groups in total. The number of hydrogen-bond acceptors (Lipinski definition) is 4. The number of carbonyl (C=O) groups excluding carboxylic acids is 1. The van der Waals surface area contributed by atoms with Gasteiger partial charge in [-0.15, -0.1) is 0 Å². The van der Waals surface area contributed by atoms with Gasteiger partial charge in [0, 0.05) is 22.2 Å². The Balaban J connectivity index is 1.94. The van der Waals surface area contributed by atoms with Gasteiger partial charge in [0.2, 0.25) is 5.91 Å². The van der Waals surface area contributed by atoms with Crippen molar-refractivity contribution in [2.24, 2.45) is 5.41 Å². The van der Waals surface area contributed by atoms with Crippen molar-refractivity contribution in [1.29, 1.82) is 0 Å².